The van der Waals surface area contributed by atoms with Gasteiger partial charge in [0.25, 0.3) is 0 Å². The van der Waals surface area contributed by atoms with E-state index in [2.05, 4.69) is 34.3 Å². The van der Waals surface area contributed by atoms with Crippen molar-refractivity contribution in [1.29, 1.82) is 0 Å². The Morgan fingerprint density at radius 1 is 0.457 bits per heavy atom. The van der Waals surface area contributed by atoms with Gasteiger partial charge in [0.2, 0.25) is 0 Å². The van der Waals surface area contributed by atoms with Gasteiger partial charge >= 0.3 is 5.97 Å². The molecule has 0 saturated carbocycles. The third-order valence-electron chi connectivity index (χ3n) is 10.5. The standard InChI is InChI=1S/C44H86O2/c1-7-9-33-41(5)35-29-25-21-17-13-11-12-14-19-23-27-31-37-43(39-46-44(45)40(3)4)38-32-28-24-20-16-15-18-22-26-30-36-42(6)34-10-8-2/h41-43H,3,7-39H2,1-2,4-6H3. The lowest BCUT2D eigenvalue weighted by Gasteiger charge is -2.17. The summed E-state index contributed by atoms with van der Waals surface area (Å²) < 4.78 is 5.60. The van der Waals surface area contributed by atoms with Crippen LogP contribution in [0.25, 0.3) is 0 Å². The van der Waals surface area contributed by atoms with Crippen molar-refractivity contribution in [3.8, 4) is 0 Å². The van der Waals surface area contributed by atoms with Crippen molar-refractivity contribution in [2.45, 2.75) is 240 Å². The highest BCUT2D eigenvalue weighted by Gasteiger charge is 2.13. The number of carbonyl (C=O) groups excluding carboxylic acids is 1. The molecule has 0 fully saturated rings. The van der Waals surface area contributed by atoms with E-state index in [4.69, 9.17) is 4.74 Å². The summed E-state index contributed by atoms with van der Waals surface area (Å²) in [5.41, 5.74) is 0.521. The van der Waals surface area contributed by atoms with Gasteiger partial charge in [-0.2, -0.15) is 0 Å². The zero-order valence-electron chi connectivity index (χ0n) is 32.6. The van der Waals surface area contributed by atoms with E-state index >= 15 is 0 Å². The molecular formula is C44H86O2. The van der Waals surface area contributed by atoms with Crippen molar-refractivity contribution in [2.24, 2.45) is 17.8 Å². The first kappa shape index (κ1) is 45.2. The molecule has 0 aliphatic heterocycles. The molecule has 0 aromatic heterocycles. The molecule has 0 bridgehead atoms. The van der Waals surface area contributed by atoms with Crippen LogP contribution in [0, 0.1) is 17.8 Å². The van der Waals surface area contributed by atoms with Gasteiger partial charge < -0.3 is 4.74 Å². The Kier molecular flexibility index (Phi) is 34.9. The zero-order chi connectivity index (χ0) is 33.9. The van der Waals surface area contributed by atoms with Crippen molar-refractivity contribution < 1.29 is 9.53 Å². The first-order valence-corrected chi connectivity index (χ1v) is 21.2. The number of carbonyl (C=O) groups is 1. The second-order valence-corrected chi connectivity index (χ2v) is 15.7. The Balaban J connectivity index is 3.78. The predicted octanol–water partition coefficient (Wildman–Crippen LogP) is 15.5. The van der Waals surface area contributed by atoms with Crippen LogP contribution in [-0.4, -0.2) is 12.6 Å². The Bertz CT molecular complexity index is 640. The van der Waals surface area contributed by atoms with Crippen LogP contribution < -0.4 is 0 Å². The van der Waals surface area contributed by atoms with Gasteiger partial charge in [-0.3, -0.25) is 0 Å². The quantitative estimate of drug-likeness (QED) is 0.0381. The van der Waals surface area contributed by atoms with Gasteiger partial charge in [0.05, 0.1) is 6.61 Å². The molecule has 0 aliphatic rings. The SMILES string of the molecule is C=C(C)C(=O)OCC(CCCCCCCCCCCCCCC(C)CCCC)CCCCCCCCCCCCC(C)CCCC. The molecule has 46 heavy (non-hydrogen) atoms. The van der Waals surface area contributed by atoms with Crippen molar-refractivity contribution in [2.75, 3.05) is 6.61 Å². The third-order valence-corrected chi connectivity index (χ3v) is 10.5. The normalized spacial score (nSPS) is 13.5. The molecule has 0 aliphatic carbocycles. The molecule has 0 amide bonds. The highest BCUT2D eigenvalue weighted by Crippen LogP contribution is 2.22. The molecular weight excluding hydrogens is 560 g/mol. The highest BCUT2D eigenvalue weighted by atomic mass is 16.5. The van der Waals surface area contributed by atoms with Gasteiger partial charge in [0, 0.05) is 5.57 Å². The second kappa shape index (κ2) is 35.5. The van der Waals surface area contributed by atoms with Crippen LogP contribution in [0.3, 0.4) is 0 Å². The van der Waals surface area contributed by atoms with Gasteiger partial charge in [-0.15, -0.1) is 0 Å². The molecule has 0 aromatic carbocycles. The molecule has 3 unspecified atom stereocenters. The smallest absolute Gasteiger partial charge is 0.333 e. The van der Waals surface area contributed by atoms with Crippen LogP contribution in [0.1, 0.15) is 240 Å². The van der Waals surface area contributed by atoms with Crippen molar-refractivity contribution in [3.05, 3.63) is 12.2 Å². The number of hydrogen-bond acceptors (Lipinski definition) is 2. The van der Waals surface area contributed by atoms with Gasteiger partial charge in [-0.05, 0) is 37.5 Å². The fourth-order valence-corrected chi connectivity index (χ4v) is 7.06. The number of ether oxygens (including phenoxy) is 1. The van der Waals surface area contributed by atoms with Crippen LogP contribution in [0.4, 0.5) is 0 Å². The molecule has 274 valence electrons. The van der Waals surface area contributed by atoms with Crippen LogP contribution in [0.5, 0.6) is 0 Å². The zero-order valence-corrected chi connectivity index (χ0v) is 32.6. The van der Waals surface area contributed by atoms with E-state index in [1.54, 1.807) is 6.92 Å². The number of esters is 1. The summed E-state index contributed by atoms with van der Waals surface area (Å²) in [6.07, 6.45) is 44.5. The van der Waals surface area contributed by atoms with E-state index in [0.717, 1.165) is 11.8 Å². The number of hydrogen-bond donors (Lipinski definition) is 0. The minimum absolute atomic E-state index is 0.215. The molecule has 0 saturated heterocycles. The summed E-state index contributed by atoms with van der Waals surface area (Å²) in [6.45, 7) is 15.6. The summed E-state index contributed by atoms with van der Waals surface area (Å²) in [5, 5.41) is 0. The second-order valence-electron chi connectivity index (χ2n) is 15.7. The first-order valence-electron chi connectivity index (χ1n) is 21.2. The lowest BCUT2D eigenvalue weighted by atomic mass is 9.94. The van der Waals surface area contributed by atoms with Crippen LogP contribution in [0.2, 0.25) is 0 Å². The Morgan fingerprint density at radius 3 is 1.00 bits per heavy atom. The molecule has 0 spiro atoms. The Morgan fingerprint density at radius 2 is 0.717 bits per heavy atom. The van der Waals surface area contributed by atoms with E-state index in [1.165, 1.54) is 205 Å². The van der Waals surface area contributed by atoms with Crippen LogP contribution >= 0.6 is 0 Å². The van der Waals surface area contributed by atoms with Crippen molar-refractivity contribution in [1.82, 2.24) is 0 Å². The molecule has 0 rings (SSSR count). The monoisotopic (exact) mass is 647 g/mol. The topological polar surface area (TPSA) is 26.3 Å². The van der Waals surface area contributed by atoms with Crippen molar-refractivity contribution in [3.63, 3.8) is 0 Å². The number of unbranched alkanes of at least 4 members (excludes halogenated alkanes) is 22. The molecule has 2 heteroatoms. The summed E-state index contributed by atoms with van der Waals surface area (Å²) in [6, 6.07) is 0. The van der Waals surface area contributed by atoms with Gasteiger partial charge in [-0.1, -0.05) is 227 Å². The maximum Gasteiger partial charge on any atom is 0.333 e. The number of rotatable bonds is 37. The lowest BCUT2D eigenvalue weighted by molar-refractivity contribution is -0.140. The predicted molar refractivity (Wildman–Crippen MR) is 207 cm³/mol. The van der Waals surface area contributed by atoms with Crippen LogP contribution in [-0.2, 0) is 9.53 Å². The van der Waals surface area contributed by atoms with Gasteiger partial charge in [0.1, 0.15) is 0 Å². The van der Waals surface area contributed by atoms with E-state index in [9.17, 15) is 4.79 Å². The maximum absolute atomic E-state index is 12.0. The summed E-state index contributed by atoms with van der Waals surface area (Å²) >= 11 is 0. The Labute approximate surface area is 291 Å². The maximum atomic E-state index is 12.0. The minimum atomic E-state index is -0.215. The molecule has 3 atom stereocenters. The summed E-state index contributed by atoms with van der Waals surface area (Å²) in [7, 11) is 0. The molecule has 0 heterocycles. The third kappa shape index (κ3) is 33.1. The van der Waals surface area contributed by atoms with E-state index in [0.29, 0.717) is 18.1 Å². The van der Waals surface area contributed by atoms with E-state index < -0.39 is 0 Å². The molecule has 0 radical (unpaired) electrons. The first-order chi connectivity index (χ1) is 22.4. The fraction of sp³-hybridized carbons (Fsp3) is 0.932. The fourth-order valence-electron chi connectivity index (χ4n) is 7.06. The minimum Gasteiger partial charge on any atom is -0.462 e. The Hall–Kier alpha value is -0.790. The van der Waals surface area contributed by atoms with Gasteiger partial charge in [0.15, 0.2) is 0 Å². The molecule has 2 nitrogen and oxygen atoms in total. The van der Waals surface area contributed by atoms with E-state index in [1.807, 2.05) is 0 Å². The van der Waals surface area contributed by atoms with Gasteiger partial charge in [-0.25, -0.2) is 4.79 Å². The summed E-state index contributed by atoms with van der Waals surface area (Å²) in [5.74, 6) is 2.18. The molecule has 0 N–H and O–H groups in total. The molecule has 0 aromatic rings. The lowest BCUT2D eigenvalue weighted by Crippen LogP contribution is -2.15. The highest BCUT2D eigenvalue weighted by molar-refractivity contribution is 5.86. The largest absolute Gasteiger partial charge is 0.462 e. The van der Waals surface area contributed by atoms with Crippen molar-refractivity contribution >= 4 is 5.97 Å². The summed E-state index contributed by atoms with van der Waals surface area (Å²) in [4.78, 5) is 12.0. The van der Waals surface area contributed by atoms with E-state index in [-0.39, 0.29) is 5.97 Å². The van der Waals surface area contributed by atoms with Crippen LogP contribution in [0.15, 0.2) is 12.2 Å². The average Bonchev–Trinajstić information content (AvgIpc) is 3.04. The average molecular weight is 647 g/mol.